The van der Waals surface area contributed by atoms with E-state index in [-0.39, 0.29) is 12.1 Å². The molecule has 1 fully saturated rings. The highest BCUT2D eigenvalue weighted by molar-refractivity contribution is 5.22. The summed E-state index contributed by atoms with van der Waals surface area (Å²) in [4.78, 5) is 2.26. The summed E-state index contributed by atoms with van der Waals surface area (Å²) in [6.07, 6.45) is 1.69. The molecule has 0 amide bonds. The van der Waals surface area contributed by atoms with Crippen LogP contribution in [0.5, 0.6) is 0 Å². The maximum absolute atomic E-state index is 13.3. The van der Waals surface area contributed by atoms with Crippen LogP contribution in [-0.2, 0) is 0 Å². The van der Waals surface area contributed by atoms with E-state index in [9.17, 15) is 8.78 Å². The fraction of sp³-hybridized carbons (Fsp3) is 0.571. The number of benzene rings is 1. The van der Waals surface area contributed by atoms with E-state index in [1.54, 1.807) is 0 Å². The fourth-order valence-electron chi connectivity index (χ4n) is 2.72. The Morgan fingerprint density at radius 3 is 2.39 bits per heavy atom. The molecule has 4 heteroatoms. The highest BCUT2D eigenvalue weighted by Gasteiger charge is 2.29. The first-order valence-electron chi connectivity index (χ1n) is 6.44. The molecule has 2 N–H and O–H groups in total. The molecular formula is C14H20F2N2. The van der Waals surface area contributed by atoms with Gasteiger partial charge in [-0.2, -0.15) is 0 Å². The first-order chi connectivity index (χ1) is 8.47. The van der Waals surface area contributed by atoms with E-state index < -0.39 is 11.6 Å². The highest BCUT2D eigenvalue weighted by atomic mass is 19.1. The summed E-state index contributed by atoms with van der Waals surface area (Å²) in [5, 5.41) is 0. The van der Waals surface area contributed by atoms with Crippen molar-refractivity contribution in [3.63, 3.8) is 0 Å². The Morgan fingerprint density at radius 2 is 1.83 bits per heavy atom. The predicted molar refractivity (Wildman–Crippen MR) is 68.2 cm³/mol. The van der Waals surface area contributed by atoms with Crippen LogP contribution in [0.15, 0.2) is 18.2 Å². The largest absolute Gasteiger partial charge is 0.328 e. The van der Waals surface area contributed by atoms with Gasteiger partial charge in [0.25, 0.3) is 0 Å². The number of halogens is 2. The highest BCUT2D eigenvalue weighted by Crippen LogP contribution is 2.32. The van der Waals surface area contributed by atoms with Crippen molar-refractivity contribution >= 4 is 0 Å². The Bertz CT molecular complexity index is 400. The Labute approximate surface area is 107 Å². The van der Waals surface area contributed by atoms with Gasteiger partial charge in [-0.05, 0) is 44.4 Å². The Hall–Kier alpha value is -1.00. The molecule has 1 aliphatic rings. The number of nitrogens with two attached hydrogens (primary N) is 1. The minimum Gasteiger partial charge on any atom is -0.328 e. The summed E-state index contributed by atoms with van der Waals surface area (Å²) in [6, 6.07) is 4.21. The van der Waals surface area contributed by atoms with Crippen molar-refractivity contribution < 1.29 is 8.78 Å². The van der Waals surface area contributed by atoms with Gasteiger partial charge in [0, 0.05) is 30.7 Å². The van der Waals surface area contributed by atoms with Crippen molar-refractivity contribution in [3.8, 4) is 0 Å². The number of hydrogen-bond donors (Lipinski definition) is 1. The molecule has 0 bridgehead atoms. The van der Waals surface area contributed by atoms with Gasteiger partial charge in [-0.25, -0.2) is 8.78 Å². The van der Waals surface area contributed by atoms with Gasteiger partial charge in [-0.1, -0.05) is 0 Å². The van der Waals surface area contributed by atoms with Crippen molar-refractivity contribution in [3.05, 3.63) is 35.4 Å². The molecule has 1 saturated heterocycles. The molecule has 100 valence electrons. The third-order valence-electron chi connectivity index (χ3n) is 3.62. The van der Waals surface area contributed by atoms with Crippen molar-refractivity contribution in [1.29, 1.82) is 0 Å². The van der Waals surface area contributed by atoms with Crippen LogP contribution in [0.4, 0.5) is 8.78 Å². The van der Waals surface area contributed by atoms with Gasteiger partial charge in [0.1, 0.15) is 11.6 Å². The van der Waals surface area contributed by atoms with Crippen LogP contribution in [-0.4, -0.2) is 23.5 Å². The third-order valence-corrected chi connectivity index (χ3v) is 3.62. The van der Waals surface area contributed by atoms with Crippen LogP contribution < -0.4 is 5.73 Å². The molecule has 0 radical (unpaired) electrons. The van der Waals surface area contributed by atoms with Crippen molar-refractivity contribution in [2.75, 3.05) is 6.54 Å². The van der Waals surface area contributed by atoms with Crippen LogP contribution in [0.3, 0.4) is 0 Å². The molecule has 2 rings (SSSR count). The van der Waals surface area contributed by atoms with Crippen LogP contribution in [0.2, 0.25) is 0 Å². The second kappa shape index (κ2) is 5.33. The molecule has 1 aliphatic heterocycles. The van der Waals surface area contributed by atoms with E-state index in [1.807, 2.05) is 0 Å². The number of piperidine rings is 1. The van der Waals surface area contributed by atoms with E-state index in [4.69, 9.17) is 5.73 Å². The summed E-state index contributed by atoms with van der Waals surface area (Å²) in [5.41, 5.74) is 6.68. The summed E-state index contributed by atoms with van der Waals surface area (Å²) in [5.74, 6) is -1.04. The average molecular weight is 254 g/mol. The summed E-state index contributed by atoms with van der Waals surface area (Å²) in [7, 11) is 0. The number of hydrogen-bond acceptors (Lipinski definition) is 2. The second-order valence-corrected chi connectivity index (χ2v) is 5.33. The van der Waals surface area contributed by atoms with E-state index in [0.29, 0.717) is 11.6 Å². The quantitative estimate of drug-likeness (QED) is 0.879. The molecule has 1 aromatic carbocycles. The zero-order valence-corrected chi connectivity index (χ0v) is 10.9. The number of likely N-dealkylation sites (tertiary alicyclic amines) is 1. The monoisotopic (exact) mass is 254 g/mol. The van der Waals surface area contributed by atoms with Gasteiger partial charge in [0.15, 0.2) is 0 Å². The van der Waals surface area contributed by atoms with Gasteiger partial charge in [0.05, 0.1) is 0 Å². The predicted octanol–water partition coefficient (Wildman–Crippen LogP) is 2.84. The minimum absolute atomic E-state index is 0.0129. The summed E-state index contributed by atoms with van der Waals surface area (Å²) in [6.45, 7) is 5.07. The van der Waals surface area contributed by atoms with Crippen molar-refractivity contribution in [2.45, 2.75) is 44.8 Å². The normalized spacial score (nSPS) is 25.7. The average Bonchev–Trinajstić information content (AvgIpc) is 2.27. The van der Waals surface area contributed by atoms with E-state index >= 15 is 0 Å². The van der Waals surface area contributed by atoms with E-state index in [0.717, 1.165) is 25.5 Å². The number of nitrogens with zero attached hydrogens (tertiary/aromatic N) is 1. The van der Waals surface area contributed by atoms with Crippen LogP contribution in [0.25, 0.3) is 0 Å². The molecule has 1 aromatic rings. The lowest BCUT2D eigenvalue weighted by atomic mass is 9.91. The number of rotatable bonds is 2. The molecule has 2 nitrogen and oxygen atoms in total. The van der Waals surface area contributed by atoms with E-state index in [1.165, 1.54) is 12.1 Å². The standard InChI is InChI=1S/C14H20F2N2/c1-9(2)18-4-3-13(17)8-14(18)10-5-11(15)7-12(16)6-10/h5-7,9,13-14H,3-4,8,17H2,1-2H3/t13-,14+/m1/s1. The summed E-state index contributed by atoms with van der Waals surface area (Å²) >= 11 is 0. The summed E-state index contributed by atoms with van der Waals surface area (Å²) < 4.78 is 26.6. The lowest BCUT2D eigenvalue weighted by Gasteiger charge is -2.41. The van der Waals surface area contributed by atoms with Crippen LogP contribution in [0.1, 0.15) is 38.3 Å². The lowest BCUT2D eigenvalue weighted by Crippen LogP contribution is -2.45. The molecule has 0 aliphatic carbocycles. The van der Waals surface area contributed by atoms with Gasteiger partial charge < -0.3 is 5.73 Å². The second-order valence-electron chi connectivity index (χ2n) is 5.33. The van der Waals surface area contributed by atoms with Crippen molar-refractivity contribution in [2.24, 2.45) is 5.73 Å². The SMILES string of the molecule is CC(C)N1CC[C@@H](N)C[C@H]1c1cc(F)cc(F)c1. The molecule has 1 heterocycles. The molecule has 0 spiro atoms. The van der Waals surface area contributed by atoms with Gasteiger partial charge in [0.2, 0.25) is 0 Å². The van der Waals surface area contributed by atoms with Crippen molar-refractivity contribution in [1.82, 2.24) is 4.90 Å². The van der Waals surface area contributed by atoms with E-state index in [2.05, 4.69) is 18.7 Å². The lowest BCUT2D eigenvalue weighted by molar-refractivity contribution is 0.101. The molecule has 0 aromatic heterocycles. The van der Waals surface area contributed by atoms with Gasteiger partial charge in [-0.3, -0.25) is 4.90 Å². The zero-order chi connectivity index (χ0) is 13.3. The smallest absolute Gasteiger partial charge is 0.126 e. The molecule has 18 heavy (non-hydrogen) atoms. The first-order valence-corrected chi connectivity index (χ1v) is 6.44. The zero-order valence-electron chi connectivity index (χ0n) is 10.9. The fourth-order valence-corrected chi connectivity index (χ4v) is 2.72. The topological polar surface area (TPSA) is 29.3 Å². The first kappa shape index (κ1) is 13.4. The third kappa shape index (κ3) is 2.87. The molecule has 0 saturated carbocycles. The maximum Gasteiger partial charge on any atom is 0.126 e. The Balaban J connectivity index is 2.31. The Morgan fingerprint density at radius 1 is 1.22 bits per heavy atom. The molecular weight excluding hydrogens is 234 g/mol. The van der Waals surface area contributed by atoms with Crippen LogP contribution >= 0.6 is 0 Å². The minimum atomic E-state index is -0.521. The van der Waals surface area contributed by atoms with Crippen LogP contribution in [0, 0.1) is 11.6 Å². The molecule has 2 atom stereocenters. The molecule has 0 unspecified atom stereocenters. The van der Waals surface area contributed by atoms with Gasteiger partial charge >= 0.3 is 0 Å². The van der Waals surface area contributed by atoms with Gasteiger partial charge in [-0.15, -0.1) is 0 Å². The Kier molecular flexibility index (Phi) is 3.97. The maximum atomic E-state index is 13.3.